The van der Waals surface area contributed by atoms with Crippen molar-refractivity contribution in [3.8, 4) is 16.9 Å². The Morgan fingerprint density at radius 1 is 0.739 bits per heavy atom. The molecule has 0 amide bonds. The van der Waals surface area contributed by atoms with Gasteiger partial charge >= 0.3 is 0 Å². The van der Waals surface area contributed by atoms with Gasteiger partial charge in [0, 0.05) is 13.7 Å². The van der Waals surface area contributed by atoms with Gasteiger partial charge in [0.25, 0.3) is 0 Å². The number of ether oxygens (including phenoxy) is 2. The third-order valence-corrected chi connectivity index (χ3v) is 3.97. The second kappa shape index (κ2) is 10.1. The average molecular weight is 312 g/mol. The monoisotopic (exact) mass is 312 g/mol. The molecule has 2 aromatic carbocycles. The number of hydrogen-bond donors (Lipinski definition) is 0. The zero-order chi connectivity index (χ0) is 16.3. The first-order valence-electron chi connectivity index (χ1n) is 8.64. The second-order valence-electron chi connectivity index (χ2n) is 5.87. The van der Waals surface area contributed by atoms with E-state index in [0.717, 1.165) is 38.2 Å². The Kier molecular flexibility index (Phi) is 7.68. The molecule has 124 valence electrons. The summed E-state index contributed by atoms with van der Waals surface area (Å²) in [7, 11) is 1.75. The predicted molar refractivity (Wildman–Crippen MR) is 97.1 cm³/mol. The van der Waals surface area contributed by atoms with Gasteiger partial charge in [0.15, 0.2) is 0 Å². The Labute approximate surface area is 140 Å². The fourth-order valence-electron chi connectivity index (χ4n) is 2.57. The zero-order valence-electron chi connectivity index (χ0n) is 14.4. The minimum Gasteiger partial charge on any atom is -0.494 e. The molecule has 0 heterocycles. The molecule has 2 heteroatoms. The Hall–Kier alpha value is -1.80. The molecule has 0 saturated heterocycles. The summed E-state index contributed by atoms with van der Waals surface area (Å²) in [6.45, 7) is 3.84. The van der Waals surface area contributed by atoms with Crippen LogP contribution < -0.4 is 4.74 Å². The van der Waals surface area contributed by atoms with Gasteiger partial charge in [-0.3, -0.25) is 0 Å². The molecule has 2 aromatic rings. The quantitative estimate of drug-likeness (QED) is 0.539. The van der Waals surface area contributed by atoms with E-state index in [-0.39, 0.29) is 0 Å². The van der Waals surface area contributed by atoms with E-state index in [0.29, 0.717) is 0 Å². The van der Waals surface area contributed by atoms with Crippen molar-refractivity contribution in [3.05, 3.63) is 54.1 Å². The van der Waals surface area contributed by atoms with E-state index in [4.69, 9.17) is 9.47 Å². The van der Waals surface area contributed by atoms with Crippen LogP contribution in [0.1, 0.15) is 38.2 Å². The first kappa shape index (κ1) is 17.6. The van der Waals surface area contributed by atoms with Gasteiger partial charge in [0.2, 0.25) is 0 Å². The summed E-state index contributed by atoms with van der Waals surface area (Å²) >= 11 is 0. The van der Waals surface area contributed by atoms with Crippen molar-refractivity contribution >= 4 is 0 Å². The zero-order valence-corrected chi connectivity index (χ0v) is 14.4. The van der Waals surface area contributed by atoms with Crippen LogP contribution in [0.15, 0.2) is 48.5 Å². The molecule has 0 saturated carbocycles. The van der Waals surface area contributed by atoms with Crippen LogP contribution in [0.3, 0.4) is 0 Å². The first-order chi connectivity index (χ1) is 11.3. The van der Waals surface area contributed by atoms with Gasteiger partial charge in [-0.15, -0.1) is 0 Å². The van der Waals surface area contributed by atoms with Crippen LogP contribution >= 0.6 is 0 Å². The lowest BCUT2D eigenvalue weighted by Gasteiger charge is -2.08. The van der Waals surface area contributed by atoms with Gasteiger partial charge < -0.3 is 9.47 Å². The Morgan fingerprint density at radius 3 is 2.00 bits per heavy atom. The van der Waals surface area contributed by atoms with Gasteiger partial charge in [-0.1, -0.05) is 56.2 Å². The van der Waals surface area contributed by atoms with Crippen molar-refractivity contribution in [1.82, 2.24) is 0 Å². The van der Waals surface area contributed by atoms with Gasteiger partial charge in [-0.05, 0) is 48.1 Å². The maximum Gasteiger partial charge on any atom is 0.119 e. The molecule has 0 aromatic heterocycles. The lowest BCUT2D eigenvalue weighted by atomic mass is 10.0. The Balaban J connectivity index is 1.88. The minimum atomic E-state index is 0.809. The lowest BCUT2D eigenvalue weighted by molar-refractivity contribution is 0.195. The summed E-state index contributed by atoms with van der Waals surface area (Å²) in [5, 5.41) is 0. The van der Waals surface area contributed by atoms with E-state index in [9.17, 15) is 0 Å². The SMILES string of the molecule is CCCCCOc1ccc(-c2ccc(CCCOC)cc2)cc1. The number of rotatable bonds is 10. The molecule has 0 unspecified atom stereocenters. The van der Waals surface area contributed by atoms with Crippen LogP contribution in [0.4, 0.5) is 0 Å². The van der Waals surface area contributed by atoms with Crippen LogP contribution in [0.2, 0.25) is 0 Å². The summed E-state index contributed by atoms with van der Waals surface area (Å²) in [6, 6.07) is 17.2. The first-order valence-corrected chi connectivity index (χ1v) is 8.64. The van der Waals surface area contributed by atoms with Crippen LogP contribution in [0, 0.1) is 0 Å². The Bertz CT molecular complexity index is 543. The lowest BCUT2D eigenvalue weighted by Crippen LogP contribution is -1.96. The maximum absolute atomic E-state index is 5.76. The van der Waals surface area contributed by atoms with Crippen LogP contribution in [0.5, 0.6) is 5.75 Å². The molecule has 0 fully saturated rings. The average Bonchev–Trinajstić information content (AvgIpc) is 2.60. The Morgan fingerprint density at radius 2 is 1.39 bits per heavy atom. The standard InChI is InChI=1S/C21H28O2/c1-3-4-5-17-23-21-14-12-20(13-15-21)19-10-8-18(9-11-19)7-6-16-22-2/h8-15H,3-7,16-17H2,1-2H3. The van der Waals surface area contributed by atoms with E-state index in [2.05, 4.69) is 55.5 Å². The predicted octanol–water partition coefficient (Wildman–Crippen LogP) is 5.50. The van der Waals surface area contributed by atoms with E-state index < -0.39 is 0 Å². The number of unbranched alkanes of at least 4 members (excludes halogenated alkanes) is 2. The highest BCUT2D eigenvalue weighted by Crippen LogP contribution is 2.23. The summed E-state index contributed by atoms with van der Waals surface area (Å²) in [4.78, 5) is 0. The molecular weight excluding hydrogens is 284 g/mol. The highest BCUT2D eigenvalue weighted by atomic mass is 16.5. The summed E-state index contributed by atoms with van der Waals surface area (Å²) in [5.74, 6) is 0.959. The number of benzene rings is 2. The van der Waals surface area contributed by atoms with Crippen LogP contribution in [-0.4, -0.2) is 20.3 Å². The molecule has 0 aliphatic heterocycles. The smallest absolute Gasteiger partial charge is 0.119 e. The van der Waals surface area contributed by atoms with Crippen molar-refractivity contribution in [2.45, 2.75) is 39.0 Å². The van der Waals surface area contributed by atoms with Crippen molar-refractivity contribution < 1.29 is 9.47 Å². The van der Waals surface area contributed by atoms with Gasteiger partial charge in [-0.25, -0.2) is 0 Å². The molecule has 2 rings (SSSR count). The number of methoxy groups -OCH3 is 1. The maximum atomic E-state index is 5.76. The molecule has 0 aliphatic rings. The summed E-state index contributed by atoms with van der Waals surface area (Å²) in [5.41, 5.74) is 3.84. The third kappa shape index (κ3) is 6.07. The van der Waals surface area contributed by atoms with E-state index in [1.165, 1.54) is 29.5 Å². The van der Waals surface area contributed by atoms with E-state index >= 15 is 0 Å². The normalized spacial score (nSPS) is 10.7. The molecule has 23 heavy (non-hydrogen) atoms. The fourth-order valence-corrected chi connectivity index (χ4v) is 2.57. The molecule has 0 bridgehead atoms. The van der Waals surface area contributed by atoms with Gasteiger partial charge in [-0.2, -0.15) is 0 Å². The molecule has 0 atom stereocenters. The molecule has 2 nitrogen and oxygen atoms in total. The van der Waals surface area contributed by atoms with Crippen LogP contribution in [-0.2, 0) is 11.2 Å². The molecule has 0 radical (unpaired) electrons. The summed E-state index contributed by atoms with van der Waals surface area (Å²) < 4.78 is 10.9. The highest BCUT2D eigenvalue weighted by Gasteiger charge is 2.00. The van der Waals surface area contributed by atoms with Gasteiger partial charge in [0.1, 0.15) is 5.75 Å². The fraction of sp³-hybridized carbons (Fsp3) is 0.429. The highest BCUT2D eigenvalue weighted by molar-refractivity contribution is 5.64. The van der Waals surface area contributed by atoms with E-state index in [1.807, 2.05) is 0 Å². The molecular formula is C21H28O2. The molecule has 0 spiro atoms. The molecule has 0 aliphatic carbocycles. The van der Waals surface area contributed by atoms with Crippen molar-refractivity contribution in [3.63, 3.8) is 0 Å². The number of hydrogen-bond acceptors (Lipinski definition) is 2. The summed E-state index contributed by atoms with van der Waals surface area (Å²) in [6.07, 6.45) is 5.72. The largest absolute Gasteiger partial charge is 0.494 e. The van der Waals surface area contributed by atoms with E-state index in [1.54, 1.807) is 7.11 Å². The van der Waals surface area contributed by atoms with Crippen LogP contribution in [0.25, 0.3) is 11.1 Å². The topological polar surface area (TPSA) is 18.5 Å². The van der Waals surface area contributed by atoms with Gasteiger partial charge in [0.05, 0.1) is 6.61 Å². The number of aryl methyl sites for hydroxylation is 1. The van der Waals surface area contributed by atoms with Crippen molar-refractivity contribution in [2.75, 3.05) is 20.3 Å². The third-order valence-electron chi connectivity index (χ3n) is 3.97. The van der Waals surface area contributed by atoms with Crippen molar-refractivity contribution in [1.29, 1.82) is 0 Å². The second-order valence-corrected chi connectivity index (χ2v) is 5.87. The van der Waals surface area contributed by atoms with Crippen molar-refractivity contribution in [2.24, 2.45) is 0 Å². The minimum absolute atomic E-state index is 0.809. The molecule has 0 N–H and O–H groups in total.